The molecule has 7 nitrogen and oxygen atoms in total. The van der Waals surface area contributed by atoms with Crippen LogP contribution in [-0.2, 0) is 9.59 Å². The van der Waals surface area contributed by atoms with Gasteiger partial charge in [0.1, 0.15) is 0 Å². The number of rotatable bonds is 6. The minimum Gasteiger partial charge on any atom is -0.308 e. The van der Waals surface area contributed by atoms with Gasteiger partial charge in [-0.1, -0.05) is 73.5 Å². The molecule has 1 atom stereocenters. The molecule has 0 unspecified atom stereocenters. The molecule has 3 aromatic rings. The van der Waals surface area contributed by atoms with E-state index >= 15 is 0 Å². The van der Waals surface area contributed by atoms with E-state index in [1.54, 1.807) is 6.07 Å². The molecular formula is C30H30N4O3. The molecule has 0 spiro atoms. The Bertz CT molecular complexity index is 1350. The van der Waals surface area contributed by atoms with Crippen LogP contribution in [-0.4, -0.2) is 36.1 Å². The highest BCUT2D eigenvalue weighted by atomic mass is 16.2. The van der Waals surface area contributed by atoms with Crippen LogP contribution in [0, 0.1) is 12.8 Å². The zero-order chi connectivity index (χ0) is 25.8. The van der Waals surface area contributed by atoms with E-state index in [9.17, 15) is 14.4 Å². The van der Waals surface area contributed by atoms with Gasteiger partial charge in [0.25, 0.3) is 5.91 Å². The first-order valence-corrected chi connectivity index (χ1v) is 12.7. The average molecular weight is 495 g/mol. The molecule has 0 bridgehead atoms. The number of benzene rings is 3. The second-order valence-corrected chi connectivity index (χ2v) is 9.60. The van der Waals surface area contributed by atoms with E-state index < -0.39 is 18.1 Å². The Hall–Kier alpha value is -4.26. The number of urea groups is 1. The molecule has 2 aliphatic rings. The molecule has 5 rings (SSSR count). The Balaban J connectivity index is 1.51. The lowest BCUT2D eigenvalue weighted by Gasteiger charge is -2.26. The lowest BCUT2D eigenvalue weighted by Crippen LogP contribution is -2.50. The molecule has 0 aromatic heterocycles. The molecule has 7 heteroatoms. The molecule has 1 heterocycles. The van der Waals surface area contributed by atoms with Crippen molar-refractivity contribution in [1.29, 1.82) is 0 Å². The molecule has 2 N–H and O–H groups in total. The first-order valence-electron chi connectivity index (χ1n) is 12.7. The summed E-state index contributed by atoms with van der Waals surface area (Å²) in [5.74, 6) is -0.426. The Morgan fingerprint density at radius 1 is 0.946 bits per heavy atom. The SMILES string of the molecule is Cc1cccc(NC(=O)N[C@@H]2N=C(c3ccccc3)c3ccccc3N(CC(=O)C3CCCC3)C2=O)c1. The monoisotopic (exact) mass is 494 g/mol. The summed E-state index contributed by atoms with van der Waals surface area (Å²) in [6.07, 6.45) is 2.57. The summed E-state index contributed by atoms with van der Waals surface area (Å²) in [5.41, 5.74) is 4.37. The molecular weight excluding hydrogens is 464 g/mol. The van der Waals surface area contributed by atoms with Crippen molar-refractivity contribution in [3.63, 3.8) is 0 Å². The predicted octanol–water partition coefficient (Wildman–Crippen LogP) is 5.09. The molecule has 0 radical (unpaired) electrons. The predicted molar refractivity (Wildman–Crippen MR) is 145 cm³/mol. The number of carbonyl (C=O) groups is 3. The second kappa shape index (κ2) is 10.8. The van der Waals surface area contributed by atoms with E-state index in [0.29, 0.717) is 17.1 Å². The number of benzodiazepines with no additional fused rings is 1. The fourth-order valence-electron chi connectivity index (χ4n) is 5.06. The van der Waals surface area contributed by atoms with E-state index in [-0.39, 0.29) is 18.2 Å². The number of hydrogen-bond acceptors (Lipinski definition) is 4. The first-order chi connectivity index (χ1) is 18.0. The summed E-state index contributed by atoms with van der Waals surface area (Å²) in [5, 5.41) is 5.53. The number of nitrogens with zero attached hydrogens (tertiary/aromatic N) is 2. The van der Waals surface area contributed by atoms with Crippen molar-refractivity contribution in [3.8, 4) is 0 Å². The highest BCUT2D eigenvalue weighted by molar-refractivity contribution is 6.21. The van der Waals surface area contributed by atoms with Crippen LogP contribution in [0.25, 0.3) is 0 Å². The van der Waals surface area contributed by atoms with E-state index in [4.69, 9.17) is 4.99 Å². The summed E-state index contributed by atoms with van der Waals surface area (Å²) in [6.45, 7) is 1.89. The largest absolute Gasteiger partial charge is 0.321 e. The number of Topliss-reactive ketones (excluding diaryl/α,β-unsaturated/α-hetero) is 1. The smallest absolute Gasteiger partial charge is 0.308 e. The third kappa shape index (κ3) is 5.45. The van der Waals surface area contributed by atoms with Crippen molar-refractivity contribution in [2.45, 2.75) is 38.8 Å². The highest BCUT2D eigenvalue weighted by Crippen LogP contribution is 2.30. The fourth-order valence-corrected chi connectivity index (χ4v) is 5.06. The van der Waals surface area contributed by atoms with Crippen molar-refractivity contribution in [3.05, 3.63) is 95.6 Å². The number of nitrogens with one attached hydrogen (secondary N) is 2. The van der Waals surface area contributed by atoms with E-state index in [1.165, 1.54) is 4.90 Å². The topological polar surface area (TPSA) is 90.9 Å². The summed E-state index contributed by atoms with van der Waals surface area (Å²) in [6, 6.07) is 23.9. The standard InChI is InChI=1S/C30H30N4O3/c1-20-10-9-15-23(18-20)31-30(37)33-28-29(36)34(19-26(35)21-11-5-6-12-21)25-17-8-7-16-24(25)27(32-28)22-13-3-2-4-14-22/h2-4,7-10,13-18,21,28H,5-6,11-12,19H2,1H3,(H2,31,33,37)/t28-/m0/s1. The normalized spacial score (nSPS) is 17.5. The average Bonchev–Trinajstić information content (AvgIpc) is 3.42. The summed E-state index contributed by atoms with van der Waals surface area (Å²) >= 11 is 0. The van der Waals surface area contributed by atoms with Gasteiger partial charge >= 0.3 is 6.03 Å². The summed E-state index contributed by atoms with van der Waals surface area (Å²) in [4.78, 5) is 46.3. The quantitative estimate of drug-likeness (QED) is 0.500. The Kier molecular flexibility index (Phi) is 7.12. The molecule has 0 saturated heterocycles. The molecule has 3 aromatic carbocycles. The van der Waals surface area contributed by atoms with Gasteiger partial charge in [0.2, 0.25) is 6.17 Å². The second-order valence-electron chi connectivity index (χ2n) is 9.60. The number of anilines is 2. The number of carbonyl (C=O) groups excluding carboxylic acids is 3. The van der Waals surface area contributed by atoms with Crippen molar-refractivity contribution in [2.75, 3.05) is 16.8 Å². The van der Waals surface area contributed by atoms with Gasteiger partial charge in [0.05, 0.1) is 17.9 Å². The number of para-hydroxylation sites is 1. The van der Waals surface area contributed by atoms with Gasteiger partial charge in [0, 0.05) is 22.7 Å². The fraction of sp³-hybridized carbons (Fsp3) is 0.267. The van der Waals surface area contributed by atoms with Gasteiger partial charge in [-0.05, 0) is 43.5 Å². The number of hydrogen-bond donors (Lipinski definition) is 2. The van der Waals surface area contributed by atoms with Crippen molar-refractivity contribution >= 4 is 34.8 Å². The number of aryl methyl sites for hydroxylation is 1. The number of fused-ring (bicyclic) bond motifs is 1. The van der Waals surface area contributed by atoms with Crippen molar-refractivity contribution in [2.24, 2.45) is 10.9 Å². The third-order valence-electron chi connectivity index (χ3n) is 6.92. The van der Waals surface area contributed by atoms with Crippen molar-refractivity contribution in [1.82, 2.24) is 5.32 Å². The van der Waals surface area contributed by atoms with Crippen LogP contribution in [0.4, 0.5) is 16.2 Å². The van der Waals surface area contributed by atoms with Gasteiger partial charge in [-0.25, -0.2) is 9.79 Å². The third-order valence-corrected chi connectivity index (χ3v) is 6.92. The van der Waals surface area contributed by atoms with E-state index in [1.807, 2.05) is 79.7 Å². The van der Waals surface area contributed by atoms with Crippen LogP contribution >= 0.6 is 0 Å². The minimum atomic E-state index is -1.20. The van der Waals surface area contributed by atoms with E-state index in [0.717, 1.165) is 42.4 Å². The maximum absolute atomic E-state index is 13.9. The maximum Gasteiger partial charge on any atom is 0.321 e. The van der Waals surface area contributed by atoms with Crippen LogP contribution in [0.1, 0.15) is 42.4 Å². The number of amides is 3. The van der Waals surface area contributed by atoms with Crippen LogP contribution in [0.5, 0.6) is 0 Å². The van der Waals surface area contributed by atoms with Gasteiger partial charge < -0.3 is 15.5 Å². The Morgan fingerprint density at radius 3 is 2.43 bits per heavy atom. The zero-order valence-corrected chi connectivity index (χ0v) is 20.8. The lowest BCUT2D eigenvalue weighted by molar-refractivity contribution is -0.125. The molecule has 37 heavy (non-hydrogen) atoms. The number of aliphatic imine (C=N–C) groups is 1. The minimum absolute atomic E-state index is 0.0336. The zero-order valence-electron chi connectivity index (χ0n) is 20.8. The van der Waals surface area contributed by atoms with Gasteiger partial charge in [0.15, 0.2) is 5.78 Å². The highest BCUT2D eigenvalue weighted by Gasteiger charge is 2.35. The van der Waals surface area contributed by atoms with Crippen LogP contribution < -0.4 is 15.5 Å². The molecule has 3 amide bonds. The van der Waals surface area contributed by atoms with Gasteiger partial charge in [-0.2, -0.15) is 0 Å². The maximum atomic E-state index is 13.9. The van der Waals surface area contributed by atoms with Gasteiger partial charge in [-0.3, -0.25) is 9.59 Å². The van der Waals surface area contributed by atoms with Crippen LogP contribution in [0.3, 0.4) is 0 Å². The Labute approximate surface area is 216 Å². The molecule has 1 fully saturated rings. The van der Waals surface area contributed by atoms with Crippen LogP contribution in [0.2, 0.25) is 0 Å². The lowest BCUT2D eigenvalue weighted by atomic mass is 9.99. The molecule has 1 saturated carbocycles. The molecule has 188 valence electrons. The Morgan fingerprint density at radius 2 is 1.68 bits per heavy atom. The van der Waals surface area contributed by atoms with Crippen LogP contribution in [0.15, 0.2) is 83.9 Å². The summed E-state index contributed by atoms with van der Waals surface area (Å²) in [7, 11) is 0. The molecule has 1 aliphatic carbocycles. The van der Waals surface area contributed by atoms with Crippen molar-refractivity contribution < 1.29 is 14.4 Å². The van der Waals surface area contributed by atoms with Gasteiger partial charge in [-0.15, -0.1) is 0 Å². The molecule has 1 aliphatic heterocycles. The number of ketones is 1. The first kappa shape index (κ1) is 24.4. The van der Waals surface area contributed by atoms with E-state index in [2.05, 4.69) is 10.6 Å². The summed E-state index contributed by atoms with van der Waals surface area (Å²) < 4.78 is 0.